The van der Waals surface area contributed by atoms with E-state index in [0.717, 1.165) is 12.1 Å². The van der Waals surface area contributed by atoms with Crippen LogP contribution in [0.2, 0.25) is 0 Å². The minimum absolute atomic E-state index is 0.156. The Kier molecular flexibility index (Phi) is 8.24. The smallest absolute Gasteiger partial charge is 0.348 e. The van der Waals surface area contributed by atoms with Gasteiger partial charge in [0.15, 0.2) is 0 Å². The van der Waals surface area contributed by atoms with Crippen molar-refractivity contribution in [2.45, 2.75) is 40.0 Å². The van der Waals surface area contributed by atoms with Crippen LogP contribution in [0.3, 0.4) is 0 Å². The molecule has 0 radical (unpaired) electrons. The summed E-state index contributed by atoms with van der Waals surface area (Å²) in [7, 11) is 0. The molecule has 1 amide bonds. The van der Waals surface area contributed by atoms with Gasteiger partial charge in [0.05, 0.1) is 31.2 Å². The Morgan fingerprint density at radius 1 is 1.22 bits per heavy atom. The van der Waals surface area contributed by atoms with E-state index in [1.165, 1.54) is 24.2 Å². The van der Waals surface area contributed by atoms with Crippen LogP contribution in [0.15, 0.2) is 6.07 Å². The Morgan fingerprint density at radius 2 is 1.93 bits per heavy atom. The minimum Gasteiger partial charge on any atom is -0.466 e. The Bertz CT molecular complexity index is 669. The van der Waals surface area contributed by atoms with Crippen molar-refractivity contribution in [3.05, 3.63) is 16.5 Å². The van der Waals surface area contributed by atoms with E-state index >= 15 is 0 Å². The molecule has 1 aliphatic rings. The topological polar surface area (TPSA) is 84.9 Å². The highest BCUT2D eigenvalue weighted by atomic mass is 32.1. The van der Waals surface area contributed by atoms with Crippen LogP contribution in [0.5, 0.6) is 0 Å². The van der Waals surface area contributed by atoms with E-state index in [1.807, 2.05) is 11.8 Å². The van der Waals surface area contributed by atoms with Crippen molar-refractivity contribution in [2.75, 3.05) is 38.2 Å². The maximum Gasteiger partial charge on any atom is 0.348 e. The van der Waals surface area contributed by atoms with Crippen LogP contribution in [0.4, 0.5) is 5.00 Å². The molecule has 1 saturated carbocycles. The second-order valence-corrected chi connectivity index (χ2v) is 7.68. The molecule has 1 aromatic heterocycles. The third kappa shape index (κ3) is 7.30. The summed E-state index contributed by atoms with van der Waals surface area (Å²) in [6, 6.07) is 1.78. The molecule has 0 unspecified atom stereocenters. The zero-order valence-electron chi connectivity index (χ0n) is 16.2. The fourth-order valence-electron chi connectivity index (χ4n) is 2.71. The van der Waals surface area contributed by atoms with Crippen molar-refractivity contribution in [3.8, 4) is 0 Å². The zero-order chi connectivity index (χ0) is 19.8. The highest BCUT2D eigenvalue weighted by Gasteiger charge is 2.26. The molecule has 8 heteroatoms. The minimum atomic E-state index is -0.370. The van der Waals surface area contributed by atoms with E-state index in [0.29, 0.717) is 35.6 Å². The third-order valence-corrected chi connectivity index (χ3v) is 5.29. The second kappa shape index (κ2) is 10.4. The molecule has 0 aromatic carbocycles. The van der Waals surface area contributed by atoms with Gasteiger partial charge in [0, 0.05) is 13.1 Å². The van der Waals surface area contributed by atoms with E-state index in [4.69, 9.17) is 9.47 Å². The van der Waals surface area contributed by atoms with Gasteiger partial charge in [-0.05, 0) is 51.2 Å². The van der Waals surface area contributed by atoms with Crippen LogP contribution >= 0.6 is 11.3 Å². The maximum absolute atomic E-state index is 12.4. The molecule has 150 valence electrons. The van der Waals surface area contributed by atoms with Gasteiger partial charge in [0.25, 0.3) is 0 Å². The lowest BCUT2D eigenvalue weighted by molar-refractivity contribution is -0.143. The van der Waals surface area contributed by atoms with E-state index in [9.17, 15) is 14.4 Å². The van der Waals surface area contributed by atoms with Gasteiger partial charge in [-0.3, -0.25) is 14.5 Å². The molecule has 7 nitrogen and oxygen atoms in total. The molecule has 1 heterocycles. The molecule has 1 fully saturated rings. The summed E-state index contributed by atoms with van der Waals surface area (Å²) in [5.41, 5.74) is 0.783. The summed E-state index contributed by atoms with van der Waals surface area (Å²) in [5.74, 6) is -0.160. The molecule has 0 saturated heterocycles. The van der Waals surface area contributed by atoms with Crippen molar-refractivity contribution in [1.82, 2.24) is 4.90 Å². The molecule has 2 rings (SSSR count). The quantitative estimate of drug-likeness (QED) is 0.579. The van der Waals surface area contributed by atoms with Crippen LogP contribution in [-0.2, 0) is 19.1 Å². The fourth-order valence-corrected chi connectivity index (χ4v) is 3.69. The van der Waals surface area contributed by atoms with Crippen molar-refractivity contribution in [2.24, 2.45) is 5.92 Å². The summed E-state index contributed by atoms with van der Waals surface area (Å²) in [5, 5.41) is 3.47. The summed E-state index contributed by atoms with van der Waals surface area (Å²) < 4.78 is 9.99. The third-order valence-electron chi connectivity index (χ3n) is 4.16. The SMILES string of the molecule is CCOC(=O)CCN(CC(=O)Nc1cc(C)c(C(=O)OCC)s1)CC1CC1. The largest absolute Gasteiger partial charge is 0.466 e. The lowest BCUT2D eigenvalue weighted by atomic mass is 10.3. The lowest BCUT2D eigenvalue weighted by Gasteiger charge is -2.21. The van der Waals surface area contributed by atoms with Gasteiger partial charge in [-0.2, -0.15) is 0 Å². The Morgan fingerprint density at radius 3 is 2.56 bits per heavy atom. The monoisotopic (exact) mass is 396 g/mol. The summed E-state index contributed by atoms with van der Waals surface area (Å²) >= 11 is 1.21. The molecule has 27 heavy (non-hydrogen) atoms. The molecular weight excluding hydrogens is 368 g/mol. The number of aryl methyl sites for hydroxylation is 1. The Hall–Kier alpha value is -1.93. The van der Waals surface area contributed by atoms with Crippen LogP contribution in [0.25, 0.3) is 0 Å². The van der Waals surface area contributed by atoms with Crippen LogP contribution in [-0.4, -0.2) is 55.6 Å². The number of rotatable bonds is 11. The first-order valence-electron chi connectivity index (χ1n) is 9.38. The molecule has 1 aromatic rings. The first-order chi connectivity index (χ1) is 12.9. The second-order valence-electron chi connectivity index (χ2n) is 6.62. The van der Waals surface area contributed by atoms with Crippen molar-refractivity contribution in [1.29, 1.82) is 0 Å². The van der Waals surface area contributed by atoms with Crippen molar-refractivity contribution >= 4 is 34.2 Å². The zero-order valence-corrected chi connectivity index (χ0v) is 17.0. The number of carbonyl (C=O) groups excluding carboxylic acids is 3. The number of carbonyl (C=O) groups is 3. The summed E-state index contributed by atoms with van der Waals surface area (Å²) in [6.07, 6.45) is 2.62. The average molecular weight is 397 g/mol. The first kappa shape index (κ1) is 21.4. The van der Waals surface area contributed by atoms with Gasteiger partial charge in [0.2, 0.25) is 5.91 Å². The number of amides is 1. The standard InChI is InChI=1S/C19H28N2O5S/c1-4-25-17(23)8-9-21(11-14-6-7-14)12-15(22)20-16-10-13(3)18(27-16)19(24)26-5-2/h10,14H,4-9,11-12H2,1-3H3,(H,20,22). The molecular formula is C19H28N2O5S. The first-order valence-corrected chi connectivity index (χ1v) is 10.2. The molecule has 1 N–H and O–H groups in total. The Balaban J connectivity index is 1.89. The van der Waals surface area contributed by atoms with Gasteiger partial charge in [-0.15, -0.1) is 11.3 Å². The lowest BCUT2D eigenvalue weighted by Crippen LogP contribution is -2.36. The molecule has 1 aliphatic carbocycles. The highest BCUT2D eigenvalue weighted by molar-refractivity contribution is 7.18. The fraction of sp³-hybridized carbons (Fsp3) is 0.632. The molecule has 0 aliphatic heterocycles. The van der Waals surface area contributed by atoms with Gasteiger partial charge in [-0.25, -0.2) is 4.79 Å². The number of ether oxygens (including phenoxy) is 2. The number of nitrogens with one attached hydrogen (secondary N) is 1. The predicted octanol–water partition coefficient (Wildman–Crippen LogP) is 2.84. The van der Waals surface area contributed by atoms with Crippen LogP contribution < -0.4 is 5.32 Å². The van der Waals surface area contributed by atoms with Gasteiger partial charge in [0.1, 0.15) is 4.88 Å². The number of hydrogen-bond acceptors (Lipinski definition) is 7. The van der Waals surface area contributed by atoms with E-state index in [1.54, 1.807) is 19.9 Å². The van der Waals surface area contributed by atoms with Crippen LogP contribution in [0, 0.1) is 12.8 Å². The number of anilines is 1. The summed E-state index contributed by atoms with van der Waals surface area (Å²) in [4.78, 5) is 38.4. The number of nitrogens with zero attached hydrogens (tertiary/aromatic N) is 1. The van der Waals surface area contributed by atoms with Gasteiger partial charge >= 0.3 is 11.9 Å². The van der Waals surface area contributed by atoms with Crippen molar-refractivity contribution < 1.29 is 23.9 Å². The highest BCUT2D eigenvalue weighted by Crippen LogP contribution is 2.30. The number of esters is 2. The summed E-state index contributed by atoms with van der Waals surface area (Å²) in [6.45, 7) is 7.55. The van der Waals surface area contributed by atoms with E-state index in [-0.39, 0.29) is 30.8 Å². The maximum atomic E-state index is 12.4. The van der Waals surface area contributed by atoms with Gasteiger partial charge in [-0.1, -0.05) is 0 Å². The molecule has 0 atom stereocenters. The molecule has 0 spiro atoms. The van der Waals surface area contributed by atoms with Gasteiger partial charge < -0.3 is 14.8 Å². The predicted molar refractivity (Wildman–Crippen MR) is 104 cm³/mol. The van der Waals surface area contributed by atoms with E-state index < -0.39 is 0 Å². The molecule has 0 bridgehead atoms. The Labute approximate surface area is 164 Å². The number of thiophene rings is 1. The average Bonchev–Trinajstić information content (AvgIpc) is 3.34. The number of hydrogen-bond donors (Lipinski definition) is 1. The normalized spacial score (nSPS) is 13.5. The van der Waals surface area contributed by atoms with E-state index in [2.05, 4.69) is 5.32 Å². The van der Waals surface area contributed by atoms with Crippen LogP contribution in [0.1, 0.15) is 48.3 Å². The van der Waals surface area contributed by atoms with Crippen molar-refractivity contribution in [3.63, 3.8) is 0 Å².